The summed E-state index contributed by atoms with van der Waals surface area (Å²) in [5, 5.41) is 9.08. The fourth-order valence-corrected chi connectivity index (χ4v) is 2.97. The molecule has 0 aliphatic heterocycles. The second-order valence-electron chi connectivity index (χ2n) is 4.38. The van der Waals surface area contributed by atoms with Gasteiger partial charge in [0.15, 0.2) is 16.7 Å². The summed E-state index contributed by atoms with van der Waals surface area (Å²) in [6, 6.07) is 3.67. The van der Waals surface area contributed by atoms with E-state index in [1.807, 2.05) is 42.4 Å². The lowest BCUT2D eigenvalue weighted by Gasteiger charge is -2.18. The Morgan fingerprint density at radius 2 is 2.10 bits per heavy atom. The van der Waals surface area contributed by atoms with Gasteiger partial charge in [-0.25, -0.2) is 0 Å². The first-order valence-electron chi connectivity index (χ1n) is 7.08. The second-order valence-corrected chi connectivity index (χ2v) is 5.32. The Morgan fingerprint density at radius 1 is 1.33 bits per heavy atom. The first kappa shape index (κ1) is 15.6. The molecule has 2 aromatic heterocycles. The van der Waals surface area contributed by atoms with Crippen molar-refractivity contribution >= 4 is 17.7 Å². The van der Waals surface area contributed by atoms with E-state index in [0.29, 0.717) is 17.3 Å². The van der Waals surface area contributed by atoms with Gasteiger partial charge in [0, 0.05) is 19.6 Å². The standard InChI is InChI=1S/C14H20N4O2S/c1-4-17(5-2)12(19)10-21-14-16-15-13(18(14)6-3)11-8-7-9-20-11/h7-9H,4-6,10H2,1-3H3. The molecule has 0 saturated heterocycles. The lowest BCUT2D eigenvalue weighted by atomic mass is 10.4. The molecule has 0 aromatic carbocycles. The molecule has 0 radical (unpaired) electrons. The third-order valence-corrected chi connectivity index (χ3v) is 4.17. The van der Waals surface area contributed by atoms with Crippen molar-refractivity contribution in [3.8, 4) is 11.6 Å². The highest BCUT2D eigenvalue weighted by Gasteiger charge is 2.17. The van der Waals surface area contributed by atoms with Crippen LogP contribution in [0.3, 0.4) is 0 Å². The molecule has 0 spiro atoms. The second kappa shape index (κ2) is 7.31. The Labute approximate surface area is 128 Å². The number of thioether (sulfide) groups is 1. The molecule has 114 valence electrons. The van der Waals surface area contributed by atoms with Crippen LogP contribution in [-0.4, -0.2) is 44.4 Å². The molecule has 21 heavy (non-hydrogen) atoms. The molecular formula is C14H20N4O2S. The molecule has 6 nitrogen and oxygen atoms in total. The van der Waals surface area contributed by atoms with E-state index in [4.69, 9.17) is 4.42 Å². The molecule has 1 amide bonds. The van der Waals surface area contributed by atoms with Crippen molar-refractivity contribution in [1.29, 1.82) is 0 Å². The lowest BCUT2D eigenvalue weighted by molar-refractivity contribution is -0.127. The Balaban J connectivity index is 2.09. The highest BCUT2D eigenvalue weighted by Crippen LogP contribution is 2.24. The fraction of sp³-hybridized carbons (Fsp3) is 0.500. The maximum atomic E-state index is 12.0. The van der Waals surface area contributed by atoms with Gasteiger partial charge in [0.1, 0.15) is 0 Å². The van der Waals surface area contributed by atoms with E-state index in [-0.39, 0.29) is 5.91 Å². The molecule has 0 atom stereocenters. The largest absolute Gasteiger partial charge is 0.461 e. The lowest BCUT2D eigenvalue weighted by Crippen LogP contribution is -2.31. The molecule has 0 aliphatic rings. The van der Waals surface area contributed by atoms with Gasteiger partial charge in [-0.1, -0.05) is 11.8 Å². The Hall–Kier alpha value is -1.76. The van der Waals surface area contributed by atoms with Crippen LogP contribution in [0.1, 0.15) is 20.8 Å². The van der Waals surface area contributed by atoms with Crippen LogP contribution in [-0.2, 0) is 11.3 Å². The minimum atomic E-state index is 0.121. The number of carbonyl (C=O) groups is 1. The van der Waals surface area contributed by atoms with Crippen LogP contribution in [0.4, 0.5) is 0 Å². The van der Waals surface area contributed by atoms with Gasteiger partial charge in [0.05, 0.1) is 12.0 Å². The zero-order chi connectivity index (χ0) is 15.2. The molecule has 0 aliphatic carbocycles. The summed E-state index contributed by atoms with van der Waals surface area (Å²) in [7, 11) is 0. The van der Waals surface area contributed by atoms with Crippen molar-refractivity contribution in [2.45, 2.75) is 32.5 Å². The number of aromatic nitrogens is 3. The number of amides is 1. The SMILES string of the molecule is CCN(CC)C(=O)CSc1nnc(-c2ccco2)n1CC. The van der Waals surface area contributed by atoms with Crippen molar-refractivity contribution in [3.05, 3.63) is 18.4 Å². The highest BCUT2D eigenvalue weighted by molar-refractivity contribution is 7.99. The maximum Gasteiger partial charge on any atom is 0.233 e. The summed E-state index contributed by atoms with van der Waals surface area (Å²) < 4.78 is 7.32. The molecule has 0 saturated carbocycles. The van der Waals surface area contributed by atoms with Gasteiger partial charge in [-0.05, 0) is 32.9 Å². The van der Waals surface area contributed by atoms with E-state index in [9.17, 15) is 4.79 Å². The van der Waals surface area contributed by atoms with Crippen molar-refractivity contribution in [2.75, 3.05) is 18.8 Å². The molecular weight excluding hydrogens is 288 g/mol. The van der Waals surface area contributed by atoms with Crippen LogP contribution in [0.5, 0.6) is 0 Å². The molecule has 2 aromatic rings. The smallest absolute Gasteiger partial charge is 0.233 e. The first-order valence-corrected chi connectivity index (χ1v) is 8.07. The summed E-state index contributed by atoms with van der Waals surface area (Å²) in [5.41, 5.74) is 0. The zero-order valence-electron chi connectivity index (χ0n) is 12.6. The summed E-state index contributed by atoms with van der Waals surface area (Å²) in [5.74, 6) is 1.87. The average Bonchev–Trinajstić information content (AvgIpc) is 3.14. The molecule has 0 N–H and O–H groups in total. The molecule has 0 unspecified atom stereocenters. The van der Waals surface area contributed by atoms with E-state index in [2.05, 4.69) is 10.2 Å². The quantitative estimate of drug-likeness (QED) is 0.735. The van der Waals surface area contributed by atoms with Crippen molar-refractivity contribution < 1.29 is 9.21 Å². The zero-order valence-corrected chi connectivity index (χ0v) is 13.4. The van der Waals surface area contributed by atoms with Crippen LogP contribution in [0.2, 0.25) is 0 Å². The van der Waals surface area contributed by atoms with Gasteiger partial charge in [-0.15, -0.1) is 10.2 Å². The monoisotopic (exact) mass is 308 g/mol. The third kappa shape index (κ3) is 3.47. The third-order valence-electron chi connectivity index (χ3n) is 3.22. The van der Waals surface area contributed by atoms with E-state index >= 15 is 0 Å². The van der Waals surface area contributed by atoms with Crippen LogP contribution in [0.15, 0.2) is 28.0 Å². The van der Waals surface area contributed by atoms with Crippen LogP contribution in [0, 0.1) is 0 Å². The van der Waals surface area contributed by atoms with Crippen molar-refractivity contribution in [1.82, 2.24) is 19.7 Å². The first-order chi connectivity index (χ1) is 10.2. The number of nitrogens with zero attached hydrogens (tertiary/aromatic N) is 4. The highest BCUT2D eigenvalue weighted by atomic mass is 32.2. The normalized spacial score (nSPS) is 10.8. The van der Waals surface area contributed by atoms with E-state index in [1.54, 1.807) is 6.26 Å². The van der Waals surface area contributed by atoms with Gasteiger partial charge < -0.3 is 9.32 Å². The summed E-state index contributed by atoms with van der Waals surface area (Å²) in [6.45, 7) is 8.17. The minimum absolute atomic E-state index is 0.121. The fourth-order valence-electron chi connectivity index (χ4n) is 2.06. The molecule has 2 heterocycles. The molecule has 0 bridgehead atoms. The number of hydrogen-bond donors (Lipinski definition) is 0. The number of carbonyl (C=O) groups excluding carboxylic acids is 1. The summed E-state index contributed by atoms with van der Waals surface area (Å²) >= 11 is 1.41. The van der Waals surface area contributed by atoms with Crippen molar-refractivity contribution in [3.63, 3.8) is 0 Å². The van der Waals surface area contributed by atoms with Gasteiger partial charge in [0.25, 0.3) is 0 Å². The van der Waals surface area contributed by atoms with Crippen LogP contribution < -0.4 is 0 Å². The molecule has 7 heteroatoms. The molecule has 2 rings (SSSR count). The Kier molecular flexibility index (Phi) is 5.44. The Bertz CT molecular complexity index is 576. The van der Waals surface area contributed by atoms with Crippen LogP contribution >= 0.6 is 11.8 Å². The number of furan rings is 1. The van der Waals surface area contributed by atoms with Gasteiger partial charge in [0.2, 0.25) is 5.91 Å². The predicted molar refractivity (Wildman–Crippen MR) is 82.1 cm³/mol. The van der Waals surface area contributed by atoms with Gasteiger partial charge in [-0.2, -0.15) is 0 Å². The topological polar surface area (TPSA) is 64.2 Å². The predicted octanol–water partition coefficient (Wildman–Crippen LogP) is 2.52. The summed E-state index contributed by atoms with van der Waals surface area (Å²) in [6.07, 6.45) is 1.61. The number of hydrogen-bond acceptors (Lipinski definition) is 5. The van der Waals surface area contributed by atoms with E-state index in [0.717, 1.165) is 24.8 Å². The molecule has 0 fully saturated rings. The number of rotatable bonds is 7. The van der Waals surface area contributed by atoms with E-state index in [1.165, 1.54) is 11.8 Å². The maximum absolute atomic E-state index is 12.0. The minimum Gasteiger partial charge on any atom is -0.461 e. The Morgan fingerprint density at radius 3 is 2.67 bits per heavy atom. The average molecular weight is 308 g/mol. The van der Waals surface area contributed by atoms with Crippen molar-refractivity contribution in [2.24, 2.45) is 0 Å². The van der Waals surface area contributed by atoms with Crippen LogP contribution in [0.25, 0.3) is 11.6 Å². The van der Waals surface area contributed by atoms with Gasteiger partial charge in [-0.3, -0.25) is 9.36 Å². The van der Waals surface area contributed by atoms with Gasteiger partial charge >= 0.3 is 0 Å². The van der Waals surface area contributed by atoms with E-state index < -0.39 is 0 Å². The summed E-state index contributed by atoms with van der Waals surface area (Å²) in [4.78, 5) is 13.9.